The van der Waals surface area contributed by atoms with Crippen LogP contribution in [0.2, 0.25) is 5.02 Å². The second kappa shape index (κ2) is 18.7. The third-order valence-electron chi connectivity index (χ3n) is 7.56. The lowest BCUT2D eigenvalue weighted by Gasteiger charge is -2.29. The molecule has 7 nitrogen and oxygen atoms in total. The van der Waals surface area contributed by atoms with Crippen molar-refractivity contribution in [3.8, 4) is 5.75 Å². The summed E-state index contributed by atoms with van der Waals surface area (Å²) in [5.41, 5.74) is 2.00. The Morgan fingerprint density at radius 1 is 0.852 bits per heavy atom. The van der Waals surface area contributed by atoms with E-state index in [1.54, 1.807) is 13.0 Å². The fourth-order valence-electron chi connectivity index (χ4n) is 5.15. The van der Waals surface area contributed by atoms with Gasteiger partial charge in [-0.2, -0.15) is 39.5 Å². The maximum Gasteiger partial charge on any atom is 0.490 e. The zero-order chi connectivity index (χ0) is 40.3. The largest absolute Gasteiger partial charge is 0.493 e. The van der Waals surface area contributed by atoms with Crippen molar-refractivity contribution in [3.05, 3.63) is 130 Å². The lowest BCUT2D eigenvalue weighted by Crippen LogP contribution is -2.31. The number of halogens is 10. The Balaban J connectivity index is 0.00000102. The fraction of sp³-hybridized carbons (Fsp3) is 0.306. The van der Waals surface area contributed by atoms with E-state index in [-0.39, 0.29) is 35.5 Å². The van der Waals surface area contributed by atoms with Crippen LogP contribution >= 0.6 is 11.6 Å². The smallest absolute Gasteiger partial charge is 0.490 e. The third-order valence-corrected chi connectivity index (χ3v) is 9.26. The van der Waals surface area contributed by atoms with Crippen LogP contribution in [0.15, 0.2) is 97.1 Å². The van der Waals surface area contributed by atoms with Crippen molar-refractivity contribution in [3.63, 3.8) is 0 Å². The van der Waals surface area contributed by atoms with E-state index in [4.69, 9.17) is 26.2 Å². The topological polar surface area (TPSA) is 95.9 Å². The summed E-state index contributed by atoms with van der Waals surface area (Å²) in [6, 6.07) is 27.5. The molecule has 0 saturated heterocycles. The summed E-state index contributed by atoms with van der Waals surface area (Å²) >= 11 is 6.28. The van der Waals surface area contributed by atoms with E-state index in [1.165, 1.54) is 24.3 Å². The molecule has 0 aliphatic rings. The number of rotatable bonds is 14. The Kier molecular flexibility index (Phi) is 15.2. The number of nitrogens with one attached hydrogen (secondary N) is 1. The molecule has 0 aliphatic carbocycles. The first kappa shape index (κ1) is 43.9. The van der Waals surface area contributed by atoms with Gasteiger partial charge in [0.2, 0.25) is 10.0 Å². The first-order valence-corrected chi connectivity index (χ1v) is 17.9. The molecule has 0 heterocycles. The van der Waals surface area contributed by atoms with Crippen LogP contribution in [0.1, 0.15) is 40.2 Å². The zero-order valence-electron chi connectivity index (χ0n) is 28.3. The quantitative estimate of drug-likeness (QED) is 0.0973. The van der Waals surface area contributed by atoms with Crippen molar-refractivity contribution >= 4 is 33.3 Å². The van der Waals surface area contributed by atoms with Crippen molar-refractivity contribution < 1.29 is 62.6 Å². The van der Waals surface area contributed by atoms with Gasteiger partial charge in [-0.15, -0.1) is 0 Å². The van der Waals surface area contributed by atoms with E-state index in [0.29, 0.717) is 30.6 Å². The second-order valence-electron chi connectivity index (χ2n) is 11.8. The number of sulfonamides is 1. The molecular formula is C36H34ClF9N2O5S. The summed E-state index contributed by atoms with van der Waals surface area (Å²) < 4.78 is 142. The average molecular weight is 813 g/mol. The molecule has 4 rings (SSSR count). The van der Waals surface area contributed by atoms with Gasteiger partial charge in [-0.3, -0.25) is 9.62 Å². The monoisotopic (exact) mass is 812 g/mol. The lowest BCUT2D eigenvalue weighted by atomic mass is 9.90. The van der Waals surface area contributed by atoms with E-state index >= 15 is 0 Å². The molecule has 0 unspecified atom stereocenters. The molecule has 0 aromatic heterocycles. The van der Waals surface area contributed by atoms with E-state index in [1.807, 2.05) is 70.3 Å². The van der Waals surface area contributed by atoms with Gasteiger partial charge < -0.3 is 9.84 Å². The number of hydrogen-bond donors (Lipinski definition) is 2. The van der Waals surface area contributed by atoms with E-state index in [0.717, 1.165) is 17.2 Å². The maximum absolute atomic E-state index is 13.7. The predicted octanol–water partition coefficient (Wildman–Crippen LogP) is 9.71. The van der Waals surface area contributed by atoms with Gasteiger partial charge in [-0.05, 0) is 47.7 Å². The first-order valence-electron chi connectivity index (χ1n) is 15.8. The molecule has 0 spiro atoms. The molecule has 4 aromatic rings. The summed E-state index contributed by atoms with van der Waals surface area (Å²) in [5, 5.41) is 6.76. The molecule has 0 radical (unpaired) electrons. The van der Waals surface area contributed by atoms with Crippen molar-refractivity contribution in [1.82, 2.24) is 4.90 Å². The summed E-state index contributed by atoms with van der Waals surface area (Å²) in [4.78, 5) is 10.9. The number of benzene rings is 4. The number of carboxylic acids is 1. The van der Waals surface area contributed by atoms with Crippen molar-refractivity contribution in [2.45, 2.75) is 44.3 Å². The van der Waals surface area contributed by atoms with Gasteiger partial charge in [0.1, 0.15) is 5.75 Å². The first-order chi connectivity index (χ1) is 25.1. The van der Waals surface area contributed by atoms with Crippen LogP contribution in [0.5, 0.6) is 5.75 Å². The predicted molar refractivity (Wildman–Crippen MR) is 185 cm³/mol. The summed E-state index contributed by atoms with van der Waals surface area (Å²) in [6.07, 6.45) is -14.2. The van der Waals surface area contributed by atoms with Crippen LogP contribution in [0, 0.1) is 6.92 Å². The number of carboxylic acid groups (broad SMARTS) is 1. The van der Waals surface area contributed by atoms with Gasteiger partial charge in [0.05, 0.1) is 22.9 Å². The normalized spacial score (nSPS) is 12.3. The molecule has 0 amide bonds. The number of ether oxygens (including phenoxy) is 1. The third kappa shape index (κ3) is 14.4. The Bertz CT molecular complexity index is 1890. The Morgan fingerprint density at radius 2 is 1.41 bits per heavy atom. The molecular weight excluding hydrogens is 779 g/mol. The van der Waals surface area contributed by atoms with Crippen LogP contribution in [0.3, 0.4) is 0 Å². The SMILES string of the molecule is Cc1ccc(NS(=O)(=O)CC(F)(F)F)cc1OCCCN(Cc1cccc(C(F)(F)F)c1Cl)CC(c1ccccc1)c1ccccc1.O=C(O)C(F)(F)F. The molecule has 4 aromatic carbocycles. The van der Waals surface area contributed by atoms with Gasteiger partial charge in [0.25, 0.3) is 0 Å². The Hall–Kier alpha value is -4.48. The minimum atomic E-state index is -5.08. The number of nitrogens with zero attached hydrogens (tertiary/aromatic N) is 1. The molecule has 54 heavy (non-hydrogen) atoms. The minimum Gasteiger partial charge on any atom is -0.493 e. The number of hydrogen-bond acceptors (Lipinski definition) is 5. The molecule has 0 aliphatic heterocycles. The highest BCUT2D eigenvalue weighted by atomic mass is 35.5. The van der Waals surface area contributed by atoms with Crippen LogP contribution in [-0.4, -0.2) is 62.2 Å². The summed E-state index contributed by atoms with van der Waals surface area (Å²) in [5.74, 6) is -4.63. The fourth-order valence-corrected chi connectivity index (χ4v) is 6.43. The van der Waals surface area contributed by atoms with Crippen LogP contribution in [-0.2, 0) is 27.5 Å². The highest BCUT2D eigenvalue weighted by Gasteiger charge is 2.38. The second-order valence-corrected chi connectivity index (χ2v) is 13.9. The molecule has 294 valence electrons. The highest BCUT2D eigenvalue weighted by Crippen LogP contribution is 2.37. The molecule has 18 heteroatoms. The van der Waals surface area contributed by atoms with Gasteiger partial charge in [0.15, 0.2) is 5.75 Å². The van der Waals surface area contributed by atoms with Crippen LogP contribution in [0.4, 0.5) is 45.2 Å². The maximum atomic E-state index is 13.7. The zero-order valence-corrected chi connectivity index (χ0v) is 29.8. The van der Waals surface area contributed by atoms with Gasteiger partial charge >= 0.3 is 24.5 Å². The minimum absolute atomic E-state index is 0.0794. The number of carbonyl (C=O) groups is 1. The number of aliphatic carboxylic acids is 1. The van der Waals surface area contributed by atoms with E-state index < -0.39 is 45.8 Å². The van der Waals surface area contributed by atoms with E-state index in [9.17, 15) is 47.9 Å². The number of anilines is 1. The van der Waals surface area contributed by atoms with Crippen molar-refractivity contribution in [2.75, 3.05) is 30.2 Å². The lowest BCUT2D eigenvalue weighted by molar-refractivity contribution is -0.192. The summed E-state index contributed by atoms with van der Waals surface area (Å²) in [7, 11) is -4.68. The Morgan fingerprint density at radius 3 is 1.91 bits per heavy atom. The van der Waals surface area contributed by atoms with Gasteiger partial charge in [-0.1, -0.05) is 90.5 Å². The van der Waals surface area contributed by atoms with Crippen molar-refractivity contribution in [2.24, 2.45) is 0 Å². The molecule has 0 bridgehead atoms. The number of aryl methyl sites for hydroxylation is 1. The molecule has 0 saturated carbocycles. The van der Waals surface area contributed by atoms with Crippen molar-refractivity contribution in [1.29, 1.82) is 0 Å². The highest BCUT2D eigenvalue weighted by molar-refractivity contribution is 7.92. The van der Waals surface area contributed by atoms with Crippen LogP contribution in [0.25, 0.3) is 0 Å². The average Bonchev–Trinajstić information content (AvgIpc) is 3.06. The van der Waals surface area contributed by atoms with Crippen LogP contribution < -0.4 is 9.46 Å². The Labute approximate surface area is 310 Å². The standard InChI is InChI=1S/C34H33ClF6N2O3S.C2HF3O2/c1-24-16-17-28(42-47(44,45)23-33(36,37)38)20-31(24)46-19-9-18-43(21-27-14-8-15-30(32(27)35)34(39,40)41)22-29(25-10-4-2-5-11-25)26-12-6-3-7-13-26;3-2(4,5)1(6)7/h2-8,10-17,20,29,42H,9,18-19,21-23H2,1H3;(H,6,7). The summed E-state index contributed by atoms with van der Waals surface area (Å²) in [6.45, 7) is 2.79. The van der Waals surface area contributed by atoms with Gasteiger partial charge in [0, 0.05) is 31.6 Å². The molecule has 0 atom stereocenters. The van der Waals surface area contributed by atoms with E-state index in [2.05, 4.69) is 0 Å². The van der Waals surface area contributed by atoms with Gasteiger partial charge in [-0.25, -0.2) is 13.2 Å². The molecule has 0 fully saturated rings. The molecule has 2 N–H and O–H groups in total. The number of alkyl halides is 9.